The van der Waals surface area contributed by atoms with Crippen molar-refractivity contribution in [3.05, 3.63) is 11.6 Å². The van der Waals surface area contributed by atoms with Gasteiger partial charge in [-0.2, -0.15) is 0 Å². The number of carboxylic acid groups (broad SMARTS) is 1. The van der Waals surface area contributed by atoms with Crippen LogP contribution >= 0.6 is 0 Å². The van der Waals surface area contributed by atoms with Crippen LogP contribution in [0, 0.1) is 50.2 Å². The summed E-state index contributed by atoms with van der Waals surface area (Å²) in [6.45, 7) is 17.7. The number of hydrogen-bond donors (Lipinski definition) is 1. The van der Waals surface area contributed by atoms with Gasteiger partial charge in [0.15, 0.2) is 0 Å². The van der Waals surface area contributed by atoms with Crippen LogP contribution in [0.3, 0.4) is 0 Å². The molecule has 0 aromatic carbocycles. The van der Waals surface area contributed by atoms with Gasteiger partial charge >= 0.3 is 5.97 Å². The first-order chi connectivity index (χ1) is 14.7. The van der Waals surface area contributed by atoms with E-state index in [9.17, 15) is 9.90 Å². The summed E-state index contributed by atoms with van der Waals surface area (Å²) in [4.78, 5) is 12.7. The first kappa shape index (κ1) is 23.0. The van der Waals surface area contributed by atoms with Crippen LogP contribution in [0.4, 0.5) is 0 Å². The molecule has 0 saturated heterocycles. The zero-order valence-corrected chi connectivity index (χ0v) is 21.9. The van der Waals surface area contributed by atoms with Gasteiger partial charge in [-0.25, -0.2) is 0 Å². The third-order valence-electron chi connectivity index (χ3n) is 12.8. The fourth-order valence-corrected chi connectivity index (χ4v) is 10.7. The highest BCUT2D eigenvalue weighted by molar-refractivity contribution is 5.76. The maximum absolute atomic E-state index is 12.7. The summed E-state index contributed by atoms with van der Waals surface area (Å²) in [7, 11) is 0. The molecule has 0 amide bonds. The van der Waals surface area contributed by atoms with E-state index < -0.39 is 11.4 Å². The summed E-state index contributed by atoms with van der Waals surface area (Å²) in [5.74, 6) is 1.28. The number of fused-ring (bicyclic) bond motifs is 7. The monoisotopic (exact) mass is 440 g/mol. The van der Waals surface area contributed by atoms with Crippen molar-refractivity contribution in [2.45, 2.75) is 119 Å². The molecule has 0 spiro atoms. The maximum Gasteiger partial charge on any atom is 0.310 e. The Hall–Kier alpha value is -0.790. The van der Waals surface area contributed by atoms with Gasteiger partial charge in [0.2, 0.25) is 0 Å². The fraction of sp³-hybridized carbons (Fsp3) is 0.900. The fourth-order valence-electron chi connectivity index (χ4n) is 10.7. The molecule has 0 aromatic rings. The Labute approximate surface area is 197 Å². The molecule has 1 N–H and O–H groups in total. The van der Waals surface area contributed by atoms with Crippen LogP contribution in [0.25, 0.3) is 0 Å². The summed E-state index contributed by atoms with van der Waals surface area (Å²) < 4.78 is 0. The van der Waals surface area contributed by atoms with Crippen molar-refractivity contribution in [3.63, 3.8) is 0 Å². The number of allylic oxidation sites excluding steroid dienone is 2. The molecular weight excluding hydrogens is 392 g/mol. The zero-order valence-electron chi connectivity index (χ0n) is 21.9. The normalized spacial score (nSPS) is 51.3. The topological polar surface area (TPSA) is 37.3 Å². The lowest BCUT2D eigenvalue weighted by molar-refractivity contribution is -0.187. The summed E-state index contributed by atoms with van der Waals surface area (Å²) in [5.41, 5.74) is 2.62. The average Bonchev–Trinajstić information content (AvgIpc) is 2.67. The standard InChI is InChI=1S/C30H48O2/c1-25(2)15-17-30(24(31)32)18-16-28(6)20(21(30)19-25)9-10-23-27(5)13-8-12-26(3,4)22(27)11-14-29(23,28)7/h9,21-23H,8,10-19H2,1-7H3,(H,31,32)/t21-,22?,23-,27+,28-,29-,30+/m1/s1. The van der Waals surface area contributed by atoms with Gasteiger partial charge in [0.25, 0.3) is 0 Å². The van der Waals surface area contributed by atoms with Crippen LogP contribution in [-0.2, 0) is 4.79 Å². The van der Waals surface area contributed by atoms with Crippen molar-refractivity contribution < 1.29 is 9.90 Å². The Morgan fingerprint density at radius 1 is 0.875 bits per heavy atom. The van der Waals surface area contributed by atoms with Crippen molar-refractivity contribution in [3.8, 4) is 0 Å². The molecule has 5 aliphatic carbocycles. The molecule has 5 aliphatic rings. The molecule has 0 bridgehead atoms. The summed E-state index contributed by atoms with van der Waals surface area (Å²) in [6.07, 6.45) is 15.5. The van der Waals surface area contributed by atoms with Crippen LogP contribution < -0.4 is 0 Å². The van der Waals surface area contributed by atoms with Crippen molar-refractivity contribution in [2.24, 2.45) is 50.2 Å². The van der Waals surface area contributed by atoms with Crippen LogP contribution in [0.1, 0.15) is 119 Å². The SMILES string of the molecule is CC1(C)CC[C@]2(C(=O)O)CC[C@]3(C)C(=CC[C@@H]4[C@@]5(C)CCCC(C)(C)C5CC[C@]43C)[C@H]2C1. The minimum absolute atomic E-state index is 0.155. The summed E-state index contributed by atoms with van der Waals surface area (Å²) in [6, 6.07) is 0. The van der Waals surface area contributed by atoms with Gasteiger partial charge in [-0.15, -0.1) is 0 Å². The minimum atomic E-state index is -0.516. The molecule has 7 atom stereocenters. The first-order valence-corrected chi connectivity index (χ1v) is 13.7. The maximum atomic E-state index is 12.7. The predicted molar refractivity (Wildman–Crippen MR) is 131 cm³/mol. The van der Waals surface area contributed by atoms with E-state index in [0.29, 0.717) is 16.2 Å². The van der Waals surface area contributed by atoms with Gasteiger partial charge in [0.1, 0.15) is 0 Å². The number of hydrogen-bond acceptors (Lipinski definition) is 1. The molecule has 4 saturated carbocycles. The quantitative estimate of drug-likeness (QED) is 0.417. The van der Waals surface area contributed by atoms with E-state index in [1.54, 1.807) is 5.57 Å². The van der Waals surface area contributed by atoms with Crippen LogP contribution in [0.2, 0.25) is 0 Å². The lowest BCUT2D eigenvalue weighted by Crippen LogP contribution is -2.63. The van der Waals surface area contributed by atoms with Gasteiger partial charge in [-0.1, -0.05) is 66.5 Å². The van der Waals surface area contributed by atoms with Crippen LogP contribution in [0.15, 0.2) is 11.6 Å². The Morgan fingerprint density at radius 2 is 1.56 bits per heavy atom. The lowest BCUT2D eigenvalue weighted by atomic mass is 9.33. The number of rotatable bonds is 1. The number of carbonyl (C=O) groups is 1. The largest absolute Gasteiger partial charge is 0.481 e. The van der Waals surface area contributed by atoms with E-state index in [1.807, 2.05) is 0 Å². The highest BCUT2D eigenvalue weighted by atomic mass is 16.4. The molecule has 0 radical (unpaired) electrons. The summed E-state index contributed by atoms with van der Waals surface area (Å²) >= 11 is 0. The van der Waals surface area contributed by atoms with Crippen LogP contribution in [0.5, 0.6) is 0 Å². The second-order valence-corrected chi connectivity index (χ2v) is 15.0. The third-order valence-corrected chi connectivity index (χ3v) is 12.8. The predicted octanol–water partition coefficient (Wildman–Crippen LogP) is 8.26. The van der Waals surface area contributed by atoms with Crippen molar-refractivity contribution in [1.82, 2.24) is 0 Å². The Morgan fingerprint density at radius 3 is 2.25 bits per heavy atom. The molecule has 0 heterocycles. The molecule has 2 nitrogen and oxygen atoms in total. The number of carboxylic acids is 1. The minimum Gasteiger partial charge on any atom is -0.481 e. The number of aliphatic carboxylic acids is 1. The van der Waals surface area contributed by atoms with E-state index >= 15 is 0 Å². The summed E-state index contributed by atoms with van der Waals surface area (Å²) in [5, 5.41) is 10.5. The van der Waals surface area contributed by atoms with Gasteiger partial charge in [0.05, 0.1) is 5.41 Å². The van der Waals surface area contributed by atoms with Crippen LogP contribution in [-0.4, -0.2) is 11.1 Å². The van der Waals surface area contributed by atoms with Gasteiger partial charge in [-0.05, 0) is 109 Å². The van der Waals surface area contributed by atoms with E-state index in [4.69, 9.17) is 0 Å². The van der Waals surface area contributed by atoms with Crippen molar-refractivity contribution in [1.29, 1.82) is 0 Å². The van der Waals surface area contributed by atoms with Gasteiger partial charge in [0, 0.05) is 0 Å². The first-order valence-electron chi connectivity index (χ1n) is 13.7. The van der Waals surface area contributed by atoms with Gasteiger partial charge in [-0.3, -0.25) is 4.79 Å². The third kappa shape index (κ3) is 2.73. The van der Waals surface area contributed by atoms with Gasteiger partial charge < -0.3 is 5.11 Å². The molecular formula is C30H48O2. The molecule has 1 unspecified atom stereocenters. The molecule has 180 valence electrons. The van der Waals surface area contributed by atoms with E-state index in [2.05, 4.69) is 54.5 Å². The van der Waals surface area contributed by atoms with E-state index in [1.165, 1.54) is 38.5 Å². The highest BCUT2D eigenvalue weighted by Gasteiger charge is 2.68. The highest BCUT2D eigenvalue weighted by Crippen LogP contribution is 2.75. The molecule has 0 aromatic heterocycles. The molecule has 4 fully saturated rings. The smallest absolute Gasteiger partial charge is 0.310 e. The Bertz CT molecular complexity index is 851. The lowest BCUT2D eigenvalue weighted by Gasteiger charge is -2.70. The van der Waals surface area contributed by atoms with Crippen molar-refractivity contribution in [2.75, 3.05) is 0 Å². The second-order valence-electron chi connectivity index (χ2n) is 15.0. The Balaban J connectivity index is 1.60. The Kier molecular flexibility index (Phi) is 4.78. The molecule has 2 heteroatoms. The second kappa shape index (κ2) is 6.66. The average molecular weight is 441 g/mol. The zero-order chi connectivity index (χ0) is 23.4. The molecule has 0 aliphatic heterocycles. The van der Waals surface area contributed by atoms with Crippen molar-refractivity contribution >= 4 is 5.97 Å². The molecule has 32 heavy (non-hydrogen) atoms. The van der Waals surface area contributed by atoms with E-state index in [-0.39, 0.29) is 16.7 Å². The van der Waals surface area contributed by atoms with E-state index in [0.717, 1.165) is 43.9 Å². The molecule has 5 rings (SSSR count).